The summed E-state index contributed by atoms with van der Waals surface area (Å²) in [5.41, 5.74) is 3.21. The van der Waals surface area contributed by atoms with Gasteiger partial charge in [0, 0.05) is 19.6 Å². The molecule has 0 amide bonds. The Morgan fingerprint density at radius 2 is 1.92 bits per heavy atom. The number of ether oxygens (including phenoxy) is 1. The minimum absolute atomic E-state index is 0.297. The maximum Gasteiger partial charge on any atom is 0.165 e. The Balaban J connectivity index is 1.63. The summed E-state index contributed by atoms with van der Waals surface area (Å²) in [5, 5.41) is 0. The van der Waals surface area contributed by atoms with Crippen LogP contribution in [0.2, 0.25) is 0 Å². The van der Waals surface area contributed by atoms with Crippen LogP contribution in [0.5, 0.6) is 5.75 Å². The lowest BCUT2D eigenvalue weighted by Gasteiger charge is -2.27. The molecule has 0 aromatic heterocycles. The minimum atomic E-state index is -0.297. The molecule has 0 spiro atoms. The third kappa shape index (κ3) is 4.93. The summed E-state index contributed by atoms with van der Waals surface area (Å²) in [5.74, 6) is 1.43. The van der Waals surface area contributed by atoms with Crippen LogP contribution in [0.4, 0.5) is 4.39 Å². The van der Waals surface area contributed by atoms with Gasteiger partial charge in [0.2, 0.25) is 0 Å². The minimum Gasteiger partial charge on any atom is -0.486 e. The molecule has 0 atom stereocenters. The molecule has 1 aliphatic heterocycles. The van der Waals surface area contributed by atoms with E-state index in [2.05, 4.69) is 24.8 Å². The zero-order valence-electron chi connectivity index (χ0n) is 15.0. The maximum absolute atomic E-state index is 14.4. The molecule has 131 valence electrons. The Morgan fingerprint density at radius 3 is 2.56 bits per heavy atom. The molecule has 0 saturated heterocycles. The van der Waals surface area contributed by atoms with Crippen LogP contribution in [-0.2, 0) is 6.61 Å². The van der Waals surface area contributed by atoms with Gasteiger partial charge in [-0.2, -0.15) is 0 Å². The monoisotopic (exact) mass is 338 g/mol. The number of nitrogens with zero attached hydrogens (tertiary/aromatic N) is 1. The molecular weight excluding hydrogens is 313 g/mol. The highest BCUT2D eigenvalue weighted by molar-refractivity contribution is 5.67. The molecule has 3 rings (SSSR count). The molecular formula is C22H25FNO. The Kier molecular flexibility index (Phi) is 5.87. The second-order valence-electron chi connectivity index (χ2n) is 6.84. The third-order valence-electron chi connectivity index (χ3n) is 4.37. The summed E-state index contributed by atoms with van der Waals surface area (Å²) in [6, 6.07) is 15.1. The van der Waals surface area contributed by atoms with Crippen LogP contribution in [0.25, 0.3) is 5.57 Å². The Morgan fingerprint density at radius 1 is 1.12 bits per heavy atom. The van der Waals surface area contributed by atoms with E-state index in [0.717, 1.165) is 37.2 Å². The molecule has 25 heavy (non-hydrogen) atoms. The lowest BCUT2D eigenvalue weighted by atomic mass is 9.98. The normalized spacial score (nSPS) is 15.3. The van der Waals surface area contributed by atoms with E-state index < -0.39 is 0 Å². The molecule has 0 bridgehead atoms. The van der Waals surface area contributed by atoms with Gasteiger partial charge in [0.15, 0.2) is 11.6 Å². The van der Waals surface area contributed by atoms with Gasteiger partial charge >= 0.3 is 0 Å². The molecule has 0 unspecified atom stereocenters. The average Bonchev–Trinajstić information content (AvgIpc) is 2.62. The second kappa shape index (κ2) is 8.30. The van der Waals surface area contributed by atoms with E-state index in [1.165, 1.54) is 11.5 Å². The molecule has 2 aromatic rings. The molecule has 0 N–H and O–H groups in total. The third-order valence-corrected chi connectivity index (χ3v) is 4.37. The van der Waals surface area contributed by atoms with Crippen LogP contribution < -0.4 is 4.74 Å². The highest BCUT2D eigenvalue weighted by Crippen LogP contribution is 2.27. The Hall–Kier alpha value is -2.13. The van der Waals surface area contributed by atoms with E-state index in [1.54, 1.807) is 12.1 Å². The van der Waals surface area contributed by atoms with Crippen molar-refractivity contribution in [2.24, 2.45) is 0 Å². The number of benzene rings is 2. The summed E-state index contributed by atoms with van der Waals surface area (Å²) >= 11 is 0. The Labute approximate surface area is 149 Å². The van der Waals surface area contributed by atoms with Gasteiger partial charge in [0.1, 0.15) is 6.61 Å². The van der Waals surface area contributed by atoms with E-state index in [0.29, 0.717) is 12.4 Å². The van der Waals surface area contributed by atoms with Gasteiger partial charge in [0.25, 0.3) is 0 Å². The first kappa shape index (κ1) is 17.7. The first-order chi connectivity index (χ1) is 12.1. The number of halogens is 1. The first-order valence-corrected chi connectivity index (χ1v) is 8.79. The zero-order chi connectivity index (χ0) is 17.6. The molecule has 0 fully saturated rings. The van der Waals surface area contributed by atoms with Crippen molar-refractivity contribution in [2.75, 3.05) is 19.6 Å². The van der Waals surface area contributed by atoms with Crippen LogP contribution in [0.15, 0.2) is 54.6 Å². The highest BCUT2D eigenvalue weighted by atomic mass is 19.1. The van der Waals surface area contributed by atoms with Gasteiger partial charge < -0.3 is 4.74 Å². The van der Waals surface area contributed by atoms with Crippen LogP contribution in [-0.4, -0.2) is 24.5 Å². The van der Waals surface area contributed by atoms with E-state index >= 15 is 0 Å². The van der Waals surface area contributed by atoms with Crippen molar-refractivity contribution < 1.29 is 9.13 Å². The van der Waals surface area contributed by atoms with Crippen LogP contribution >= 0.6 is 0 Å². The lowest BCUT2D eigenvalue weighted by Crippen LogP contribution is -2.31. The summed E-state index contributed by atoms with van der Waals surface area (Å²) in [6.07, 6.45) is 3.17. The van der Waals surface area contributed by atoms with Gasteiger partial charge in [-0.15, -0.1) is 0 Å². The summed E-state index contributed by atoms with van der Waals surface area (Å²) < 4.78 is 20.0. The largest absolute Gasteiger partial charge is 0.486 e. The second-order valence-corrected chi connectivity index (χ2v) is 6.84. The molecule has 3 heteroatoms. The van der Waals surface area contributed by atoms with Crippen LogP contribution in [0.3, 0.4) is 0 Å². The highest BCUT2D eigenvalue weighted by Gasteiger charge is 2.15. The molecule has 1 aliphatic rings. The zero-order valence-corrected chi connectivity index (χ0v) is 15.0. The van der Waals surface area contributed by atoms with E-state index in [1.807, 2.05) is 36.4 Å². The fourth-order valence-corrected chi connectivity index (χ4v) is 3.12. The summed E-state index contributed by atoms with van der Waals surface area (Å²) in [4.78, 5) is 2.41. The van der Waals surface area contributed by atoms with Gasteiger partial charge in [-0.3, -0.25) is 4.90 Å². The lowest BCUT2D eigenvalue weighted by molar-refractivity contribution is 0.290. The molecule has 1 radical (unpaired) electrons. The number of hydrogen-bond acceptors (Lipinski definition) is 2. The van der Waals surface area contributed by atoms with Crippen LogP contribution in [0, 0.1) is 11.7 Å². The fourth-order valence-electron chi connectivity index (χ4n) is 3.12. The predicted molar refractivity (Wildman–Crippen MR) is 101 cm³/mol. The Bertz CT molecular complexity index is 724. The predicted octanol–water partition coefficient (Wildman–Crippen LogP) is 5.11. The topological polar surface area (TPSA) is 12.5 Å². The number of rotatable bonds is 6. The maximum atomic E-state index is 14.4. The van der Waals surface area contributed by atoms with Crippen LogP contribution in [0.1, 0.15) is 31.4 Å². The van der Waals surface area contributed by atoms with Crippen molar-refractivity contribution in [1.29, 1.82) is 0 Å². The van der Waals surface area contributed by atoms with E-state index in [4.69, 9.17) is 4.74 Å². The molecule has 0 saturated carbocycles. The standard InChI is InChI=1S/C22H25FNO/c1-17(2)15-24-12-10-19(11-13-24)20-8-9-22(21(23)14-20)25-16-18-6-4-3-5-7-18/h3-10,14H,11-13,15-16H2,1-2H3. The van der Waals surface area contributed by atoms with Gasteiger partial charge in [-0.25, -0.2) is 4.39 Å². The van der Waals surface area contributed by atoms with E-state index in [-0.39, 0.29) is 5.82 Å². The van der Waals surface area contributed by atoms with Crippen molar-refractivity contribution in [3.8, 4) is 5.75 Å². The van der Waals surface area contributed by atoms with Crippen molar-refractivity contribution in [1.82, 2.24) is 4.90 Å². The average molecular weight is 338 g/mol. The van der Waals surface area contributed by atoms with Gasteiger partial charge in [0.05, 0.1) is 0 Å². The van der Waals surface area contributed by atoms with Crippen molar-refractivity contribution in [3.05, 3.63) is 77.5 Å². The smallest absolute Gasteiger partial charge is 0.165 e. The SMILES string of the molecule is C[C](C)CN1CC=C(c2ccc(OCc3ccccc3)c(F)c2)CC1. The summed E-state index contributed by atoms with van der Waals surface area (Å²) in [6.45, 7) is 7.66. The fraction of sp³-hybridized carbons (Fsp3) is 0.318. The quantitative estimate of drug-likeness (QED) is 0.726. The van der Waals surface area contributed by atoms with Crippen molar-refractivity contribution >= 4 is 5.57 Å². The van der Waals surface area contributed by atoms with Gasteiger partial charge in [-0.1, -0.05) is 56.3 Å². The van der Waals surface area contributed by atoms with Gasteiger partial charge in [-0.05, 0) is 41.2 Å². The first-order valence-electron chi connectivity index (χ1n) is 8.79. The van der Waals surface area contributed by atoms with Crippen molar-refractivity contribution in [2.45, 2.75) is 26.9 Å². The summed E-state index contributed by atoms with van der Waals surface area (Å²) in [7, 11) is 0. The van der Waals surface area contributed by atoms with E-state index in [9.17, 15) is 4.39 Å². The molecule has 1 heterocycles. The molecule has 2 aromatic carbocycles. The molecule has 0 aliphatic carbocycles. The number of hydrogen-bond donors (Lipinski definition) is 0. The molecule has 2 nitrogen and oxygen atoms in total. The van der Waals surface area contributed by atoms with Crippen molar-refractivity contribution in [3.63, 3.8) is 0 Å².